The van der Waals surface area contributed by atoms with E-state index in [2.05, 4.69) is 43.5 Å². The van der Waals surface area contributed by atoms with E-state index in [1.54, 1.807) is 11.3 Å². The van der Waals surface area contributed by atoms with E-state index in [1.807, 2.05) is 4.68 Å². The van der Waals surface area contributed by atoms with E-state index < -0.39 is 0 Å². The zero-order valence-corrected chi connectivity index (χ0v) is 13.0. The molecule has 0 aliphatic rings. The lowest BCUT2D eigenvalue weighted by atomic mass is 10.1. The van der Waals surface area contributed by atoms with Crippen LogP contribution in [0.25, 0.3) is 11.3 Å². The predicted octanol–water partition coefficient (Wildman–Crippen LogP) is 3.14. The van der Waals surface area contributed by atoms with Crippen LogP contribution in [0, 0.1) is 13.8 Å². The van der Waals surface area contributed by atoms with E-state index in [9.17, 15) is 0 Å². The zero-order valence-electron chi connectivity index (χ0n) is 12.2. The molecule has 104 valence electrons. The monoisotopic (exact) mass is 278 g/mol. The van der Waals surface area contributed by atoms with Gasteiger partial charge in [-0.3, -0.25) is 4.68 Å². The number of nitrogens with one attached hydrogen (secondary N) is 1. The van der Waals surface area contributed by atoms with E-state index >= 15 is 0 Å². The topological polar surface area (TPSA) is 42.7 Å². The fourth-order valence-electron chi connectivity index (χ4n) is 2.25. The minimum absolute atomic E-state index is 0.860. The lowest BCUT2D eigenvalue weighted by molar-refractivity contribution is 0.634. The van der Waals surface area contributed by atoms with Gasteiger partial charge in [0, 0.05) is 29.7 Å². The van der Waals surface area contributed by atoms with Gasteiger partial charge in [-0.25, -0.2) is 4.98 Å². The van der Waals surface area contributed by atoms with E-state index in [0.717, 1.165) is 42.5 Å². The number of rotatable bonds is 6. The summed E-state index contributed by atoms with van der Waals surface area (Å²) in [6.07, 6.45) is 1.15. The Hall–Kier alpha value is -1.20. The van der Waals surface area contributed by atoms with Crippen molar-refractivity contribution in [3.05, 3.63) is 21.8 Å². The molecule has 0 saturated carbocycles. The molecule has 2 heterocycles. The summed E-state index contributed by atoms with van der Waals surface area (Å²) in [5, 5.41) is 11.2. The molecule has 4 nitrogen and oxygen atoms in total. The number of hydrogen-bond acceptors (Lipinski definition) is 4. The molecular formula is C14H22N4S. The van der Waals surface area contributed by atoms with E-state index in [4.69, 9.17) is 4.98 Å². The van der Waals surface area contributed by atoms with Crippen LogP contribution in [-0.2, 0) is 13.1 Å². The molecule has 0 aliphatic heterocycles. The molecule has 19 heavy (non-hydrogen) atoms. The van der Waals surface area contributed by atoms with Crippen LogP contribution in [0.4, 0.5) is 0 Å². The van der Waals surface area contributed by atoms with E-state index in [1.165, 1.54) is 11.3 Å². The number of thiazole rings is 1. The molecule has 2 rings (SSSR count). The Kier molecular flexibility index (Phi) is 4.71. The Bertz CT molecular complexity index is 542. The number of nitrogens with zero attached hydrogens (tertiary/aromatic N) is 3. The predicted molar refractivity (Wildman–Crippen MR) is 80.5 cm³/mol. The summed E-state index contributed by atoms with van der Waals surface area (Å²) in [6.45, 7) is 11.3. The molecule has 0 fully saturated rings. The van der Waals surface area contributed by atoms with Gasteiger partial charge in [0.25, 0.3) is 0 Å². The van der Waals surface area contributed by atoms with Gasteiger partial charge < -0.3 is 5.32 Å². The molecule has 0 aromatic carbocycles. The second kappa shape index (κ2) is 6.30. The summed E-state index contributed by atoms with van der Waals surface area (Å²) in [5.41, 5.74) is 4.53. The highest BCUT2D eigenvalue weighted by Gasteiger charge is 2.15. The molecule has 5 heteroatoms. The highest BCUT2D eigenvalue weighted by molar-refractivity contribution is 7.09. The van der Waals surface area contributed by atoms with Gasteiger partial charge in [-0.1, -0.05) is 6.92 Å². The van der Waals surface area contributed by atoms with Crippen molar-refractivity contribution in [2.45, 2.75) is 47.2 Å². The first-order chi connectivity index (χ1) is 9.17. The van der Waals surface area contributed by atoms with Crippen LogP contribution in [0.5, 0.6) is 0 Å². The molecule has 2 aromatic rings. The quantitative estimate of drug-likeness (QED) is 0.825. The van der Waals surface area contributed by atoms with Gasteiger partial charge in [-0.2, -0.15) is 5.10 Å². The molecule has 0 radical (unpaired) electrons. The van der Waals surface area contributed by atoms with Gasteiger partial charge in [0.05, 0.1) is 11.4 Å². The van der Waals surface area contributed by atoms with Crippen molar-refractivity contribution >= 4 is 11.3 Å². The summed E-state index contributed by atoms with van der Waals surface area (Å²) in [5.74, 6) is 0. The summed E-state index contributed by atoms with van der Waals surface area (Å²) in [7, 11) is 0. The Labute approximate surface area is 118 Å². The van der Waals surface area contributed by atoms with Gasteiger partial charge in [-0.05, 0) is 33.7 Å². The lowest BCUT2D eigenvalue weighted by Gasteiger charge is -2.00. The summed E-state index contributed by atoms with van der Waals surface area (Å²) in [4.78, 5) is 4.72. The van der Waals surface area contributed by atoms with Crippen LogP contribution < -0.4 is 5.32 Å². The van der Waals surface area contributed by atoms with Crippen molar-refractivity contribution in [1.82, 2.24) is 20.1 Å². The minimum Gasteiger partial charge on any atom is -0.310 e. The summed E-state index contributed by atoms with van der Waals surface area (Å²) < 4.78 is 2.04. The van der Waals surface area contributed by atoms with Gasteiger partial charge in [0.2, 0.25) is 0 Å². The SMILES string of the molecule is CCCNCc1nc(-c2c(C)nn(CC)c2C)cs1. The normalized spacial score (nSPS) is 11.2. The highest BCUT2D eigenvalue weighted by atomic mass is 32.1. The van der Waals surface area contributed by atoms with Gasteiger partial charge >= 0.3 is 0 Å². The first-order valence-corrected chi connectivity index (χ1v) is 7.74. The molecule has 0 bridgehead atoms. The Morgan fingerprint density at radius 3 is 2.74 bits per heavy atom. The van der Waals surface area contributed by atoms with Crippen molar-refractivity contribution in [3.8, 4) is 11.3 Å². The molecule has 0 aliphatic carbocycles. The second-order valence-electron chi connectivity index (χ2n) is 4.66. The number of aromatic nitrogens is 3. The van der Waals surface area contributed by atoms with Gasteiger partial charge in [0.15, 0.2) is 0 Å². The zero-order chi connectivity index (χ0) is 13.8. The maximum absolute atomic E-state index is 4.72. The molecular weight excluding hydrogens is 256 g/mol. The number of aryl methyl sites for hydroxylation is 2. The minimum atomic E-state index is 0.860. The van der Waals surface area contributed by atoms with Crippen molar-refractivity contribution in [2.75, 3.05) is 6.54 Å². The molecule has 1 N–H and O–H groups in total. The van der Waals surface area contributed by atoms with Gasteiger partial charge in [0.1, 0.15) is 5.01 Å². The average molecular weight is 278 g/mol. The Balaban J connectivity index is 2.20. The fraction of sp³-hybridized carbons (Fsp3) is 0.571. The van der Waals surface area contributed by atoms with Crippen LogP contribution in [0.3, 0.4) is 0 Å². The Morgan fingerprint density at radius 2 is 2.11 bits per heavy atom. The van der Waals surface area contributed by atoms with Crippen molar-refractivity contribution in [3.63, 3.8) is 0 Å². The van der Waals surface area contributed by atoms with Crippen LogP contribution in [0.15, 0.2) is 5.38 Å². The highest BCUT2D eigenvalue weighted by Crippen LogP contribution is 2.28. The van der Waals surface area contributed by atoms with Crippen molar-refractivity contribution in [2.24, 2.45) is 0 Å². The third kappa shape index (κ3) is 3.04. The lowest BCUT2D eigenvalue weighted by Crippen LogP contribution is -2.13. The molecule has 0 unspecified atom stereocenters. The molecule has 0 atom stereocenters. The molecule has 0 saturated heterocycles. The van der Waals surface area contributed by atoms with E-state index in [-0.39, 0.29) is 0 Å². The maximum Gasteiger partial charge on any atom is 0.107 e. The summed E-state index contributed by atoms with van der Waals surface area (Å²) in [6, 6.07) is 0. The number of hydrogen-bond donors (Lipinski definition) is 1. The fourth-order valence-corrected chi connectivity index (χ4v) is 3.01. The largest absolute Gasteiger partial charge is 0.310 e. The average Bonchev–Trinajstić information content (AvgIpc) is 2.94. The molecule has 2 aromatic heterocycles. The van der Waals surface area contributed by atoms with Crippen LogP contribution >= 0.6 is 11.3 Å². The van der Waals surface area contributed by atoms with Crippen LogP contribution in [0.2, 0.25) is 0 Å². The first-order valence-electron chi connectivity index (χ1n) is 6.86. The van der Waals surface area contributed by atoms with Crippen LogP contribution in [0.1, 0.15) is 36.7 Å². The summed E-state index contributed by atoms with van der Waals surface area (Å²) >= 11 is 1.72. The third-order valence-corrected chi connectivity index (χ3v) is 4.04. The maximum atomic E-state index is 4.72. The standard InChI is InChI=1S/C14H22N4S/c1-5-7-15-8-13-16-12(9-19-13)14-10(3)17-18(6-2)11(14)4/h9,15H,5-8H2,1-4H3. The second-order valence-corrected chi connectivity index (χ2v) is 5.61. The Morgan fingerprint density at radius 1 is 1.32 bits per heavy atom. The van der Waals surface area contributed by atoms with Crippen molar-refractivity contribution < 1.29 is 0 Å². The smallest absolute Gasteiger partial charge is 0.107 e. The van der Waals surface area contributed by atoms with Crippen LogP contribution in [-0.4, -0.2) is 21.3 Å². The van der Waals surface area contributed by atoms with Crippen molar-refractivity contribution in [1.29, 1.82) is 0 Å². The van der Waals surface area contributed by atoms with Gasteiger partial charge in [-0.15, -0.1) is 11.3 Å². The molecule has 0 spiro atoms. The first kappa shape index (κ1) is 14.2. The van der Waals surface area contributed by atoms with E-state index in [0.29, 0.717) is 0 Å². The molecule has 0 amide bonds. The third-order valence-electron chi connectivity index (χ3n) is 3.19.